The Labute approximate surface area is 108 Å². The van der Waals surface area contributed by atoms with E-state index in [-0.39, 0.29) is 0 Å². The van der Waals surface area contributed by atoms with Crippen LogP contribution in [0, 0.1) is 0 Å². The van der Waals surface area contributed by atoms with Crippen molar-refractivity contribution >= 4 is 0 Å². The van der Waals surface area contributed by atoms with Crippen molar-refractivity contribution in [3.63, 3.8) is 0 Å². The lowest BCUT2D eigenvalue weighted by atomic mass is 9.94. The molecule has 0 aromatic carbocycles. The quantitative estimate of drug-likeness (QED) is 0.689. The van der Waals surface area contributed by atoms with Gasteiger partial charge in [0.25, 0.3) is 0 Å². The highest BCUT2D eigenvalue weighted by Crippen LogP contribution is 2.23. The van der Waals surface area contributed by atoms with Crippen molar-refractivity contribution < 1.29 is 0 Å². The molecule has 0 spiro atoms. The van der Waals surface area contributed by atoms with E-state index in [9.17, 15) is 0 Å². The molecule has 0 aliphatic carbocycles. The molecule has 0 saturated carbocycles. The molecule has 17 heavy (non-hydrogen) atoms. The number of hydrogen-bond donors (Lipinski definition) is 0. The van der Waals surface area contributed by atoms with Crippen LogP contribution in [0.5, 0.6) is 0 Å². The molecule has 0 aliphatic heterocycles. The Morgan fingerprint density at radius 3 is 2.06 bits per heavy atom. The largest absolute Gasteiger partial charge is 0.261 e. The van der Waals surface area contributed by atoms with Gasteiger partial charge in [0.2, 0.25) is 0 Å². The molecule has 0 N–H and O–H groups in total. The molecule has 0 radical (unpaired) electrons. The second-order valence-electron chi connectivity index (χ2n) is 4.87. The summed E-state index contributed by atoms with van der Waals surface area (Å²) in [6, 6.07) is 2.29. The van der Waals surface area contributed by atoms with Gasteiger partial charge in [0, 0.05) is 11.9 Å². The summed E-state index contributed by atoms with van der Waals surface area (Å²) in [4.78, 5) is 4.54. The smallest absolute Gasteiger partial charge is 0.0432 e. The van der Waals surface area contributed by atoms with Gasteiger partial charge in [-0.05, 0) is 35.4 Å². The number of hydrogen-bond acceptors (Lipinski definition) is 1. The first-order chi connectivity index (χ1) is 8.06. The molecular formula is C16H29N. The predicted octanol–water partition coefficient (Wildman–Crippen LogP) is 5.31. The number of aromatic nitrogens is 1. The normalized spacial score (nSPS) is 10.4. The summed E-state index contributed by atoms with van der Waals surface area (Å²) >= 11 is 0. The van der Waals surface area contributed by atoms with Crippen LogP contribution in [0.25, 0.3) is 0 Å². The van der Waals surface area contributed by atoms with Gasteiger partial charge in [-0.1, -0.05) is 54.9 Å². The lowest BCUT2D eigenvalue weighted by Gasteiger charge is -2.15. The van der Waals surface area contributed by atoms with Crippen LogP contribution in [-0.4, -0.2) is 4.98 Å². The van der Waals surface area contributed by atoms with Crippen LogP contribution in [0.1, 0.15) is 83.5 Å². The van der Waals surface area contributed by atoms with E-state index in [1.807, 2.05) is 13.8 Å². The average Bonchev–Trinajstić information content (AvgIpc) is 2.32. The van der Waals surface area contributed by atoms with Gasteiger partial charge in [-0.15, -0.1) is 0 Å². The molecule has 0 amide bonds. The summed E-state index contributed by atoms with van der Waals surface area (Å²) in [7, 11) is 0. The maximum absolute atomic E-state index is 4.54. The molecule has 1 heteroatoms. The molecule has 0 bridgehead atoms. The summed E-state index contributed by atoms with van der Waals surface area (Å²) in [6.45, 7) is 15.1. The van der Waals surface area contributed by atoms with Crippen molar-refractivity contribution in [2.45, 2.75) is 73.1 Å². The van der Waals surface area contributed by atoms with Gasteiger partial charge in [0.05, 0.1) is 0 Å². The third kappa shape index (κ3) is 4.89. The van der Waals surface area contributed by atoms with E-state index in [1.165, 1.54) is 23.2 Å². The van der Waals surface area contributed by atoms with Gasteiger partial charge in [0.15, 0.2) is 0 Å². The Bertz CT molecular complexity index is 313. The summed E-state index contributed by atoms with van der Waals surface area (Å²) in [5, 5.41) is 0. The molecule has 1 aromatic rings. The number of rotatable bonds is 4. The third-order valence-electron chi connectivity index (χ3n) is 2.78. The Kier molecular flexibility index (Phi) is 7.86. The Hall–Kier alpha value is -0.850. The van der Waals surface area contributed by atoms with Crippen molar-refractivity contribution in [3.05, 3.63) is 29.1 Å². The van der Waals surface area contributed by atoms with Crippen LogP contribution in [-0.2, 0) is 6.42 Å². The van der Waals surface area contributed by atoms with Crippen molar-refractivity contribution in [2.24, 2.45) is 0 Å². The van der Waals surface area contributed by atoms with Crippen LogP contribution < -0.4 is 0 Å². The highest BCUT2D eigenvalue weighted by atomic mass is 14.7. The summed E-state index contributed by atoms with van der Waals surface area (Å²) < 4.78 is 0. The molecule has 1 rings (SSSR count). The molecule has 0 aliphatic rings. The highest BCUT2D eigenvalue weighted by Gasteiger charge is 2.09. The van der Waals surface area contributed by atoms with Gasteiger partial charge < -0.3 is 0 Å². The fourth-order valence-electron chi connectivity index (χ4n) is 1.85. The van der Waals surface area contributed by atoms with Crippen LogP contribution in [0.2, 0.25) is 0 Å². The lowest BCUT2D eigenvalue weighted by molar-refractivity contribution is 0.774. The summed E-state index contributed by atoms with van der Waals surface area (Å²) in [6.07, 6.45) is 4.43. The van der Waals surface area contributed by atoms with Crippen molar-refractivity contribution in [2.75, 3.05) is 0 Å². The second kappa shape index (κ2) is 8.27. The first kappa shape index (κ1) is 16.1. The summed E-state index contributed by atoms with van der Waals surface area (Å²) in [5.74, 6) is 1.13. The Morgan fingerprint density at radius 1 is 1.06 bits per heavy atom. The maximum Gasteiger partial charge on any atom is 0.0432 e. The molecule has 1 heterocycles. The van der Waals surface area contributed by atoms with E-state index in [0.29, 0.717) is 11.8 Å². The van der Waals surface area contributed by atoms with E-state index in [0.717, 1.165) is 6.42 Å². The van der Waals surface area contributed by atoms with Gasteiger partial charge in [-0.3, -0.25) is 4.98 Å². The maximum atomic E-state index is 4.54. The summed E-state index contributed by atoms with van der Waals surface area (Å²) in [5.41, 5.74) is 4.13. The standard InChI is InChI=1S/C14H23N.C2H6/c1-6-7-12-9-15-14(11(4)5)8-13(12)10(2)3;1-2/h8-11H,6-7H2,1-5H3;1-2H3. The molecule has 1 aromatic heterocycles. The number of pyridine rings is 1. The van der Waals surface area contributed by atoms with E-state index in [4.69, 9.17) is 0 Å². The zero-order valence-corrected chi connectivity index (χ0v) is 12.7. The minimum absolute atomic E-state index is 0.526. The van der Waals surface area contributed by atoms with Crippen molar-refractivity contribution in [1.82, 2.24) is 4.98 Å². The molecule has 0 fully saturated rings. The van der Waals surface area contributed by atoms with Gasteiger partial charge >= 0.3 is 0 Å². The number of nitrogens with zero attached hydrogens (tertiary/aromatic N) is 1. The fourth-order valence-corrected chi connectivity index (χ4v) is 1.85. The van der Waals surface area contributed by atoms with E-state index in [1.54, 1.807) is 0 Å². The zero-order valence-electron chi connectivity index (χ0n) is 12.7. The monoisotopic (exact) mass is 235 g/mol. The molecule has 0 atom stereocenters. The second-order valence-corrected chi connectivity index (χ2v) is 4.87. The van der Waals surface area contributed by atoms with Gasteiger partial charge in [-0.25, -0.2) is 0 Å². The van der Waals surface area contributed by atoms with Crippen LogP contribution in [0.4, 0.5) is 0 Å². The molecule has 0 saturated heterocycles. The number of aryl methyl sites for hydroxylation is 1. The third-order valence-corrected chi connectivity index (χ3v) is 2.78. The zero-order chi connectivity index (χ0) is 13.4. The van der Waals surface area contributed by atoms with E-state index in [2.05, 4.69) is 51.9 Å². The average molecular weight is 235 g/mol. The minimum atomic E-state index is 0.526. The van der Waals surface area contributed by atoms with Crippen molar-refractivity contribution in [3.8, 4) is 0 Å². The van der Waals surface area contributed by atoms with Gasteiger partial charge in [-0.2, -0.15) is 0 Å². The highest BCUT2D eigenvalue weighted by molar-refractivity contribution is 5.30. The molecule has 1 nitrogen and oxygen atoms in total. The van der Waals surface area contributed by atoms with Gasteiger partial charge in [0.1, 0.15) is 0 Å². The fraction of sp³-hybridized carbons (Fsp3) is 0.688. The molecular weight excluding hydrogens is 206 g/mol. The first-order valence-corrected chi connectivity index (χ1v) is 7.05. The predicted molar refractivity (Wildman–Crippen MR) is 77.8 cm³/mol. The minimum Gasteiger partial charge on any atom is -0.261 e. The van der Waals surface area contributed by atoms with Crippen LogP contribution >= 0.6 is 0 Å². The molecule has 98 valence electrons. The first-order valence-electron chi connectivity index (χ1n) is 7.05. The van der Waals surface area contributed by atoms with Crippen LogP contribution in [0.15, 0.2) is 12.3 Å². The SMILES string of the molecule is CC.CCCc1cnc(C(C)C)cc1C(C)C. The van der Waals surface area contributed by atoms with Crippen LogP contribution in [0.3, 0.4) is 0 Å². The Balaban J connectivity index is 0.00000121. The molecule has 0 unspecified atom stereocenters. The Morgan fingerprint density at radius 2 is 1.65 bits per heavy atom. The van der Waals surface area contributed by atoms with E-state index < -0.39 is 0 Å². The topological polar surface area (TPSA) is 12.9 Å². The van der Waals surface area contributed by atoms with E-state index >= 15 is 0 Å². The van der Waals surface area contributed by atoms with Crippen molar-refractivity contribution in [1.29, 1.82) is 0 Å². The lowest BCUT2D eigenvalue weighted by Crippen LogP contribution is -2.02.